The van der Waals surface area contributed by atoms with Crippen molar-refractivity contribution in [3.8, 4) is 5.75 Å². The molecule has 0 amide bonds. The van der Waals surface area contributed by atoms with E-state index < -0.39 is 0 Å². The number of carbonyl (C=O) groups excluding carboxylic acids is 1. The monoisotopic (exact) mass is 204 g/mol. The van der Waals surface area contributed by atoms with Crippen molar-refractivity contribution in [3.63, 3.8) is 0 Å². The summed E-state index contributed by atoms with van der Waals surface area (Å²) in [6.07, 6.45) is 5.12. The van der Waals surface area contributed by atoms with Gasteiger partial charge in [0.25, 0.3) is 0 Å². The Morgan fingerprint density at radius 1 is 1.53 bits per heavy atom. The number of hydrogen-bond donors (Lipinski definition) is 0. The van der Waals surface area contributed by atoms with Crippen molar-refractivity contribution < 1.29 is 9.53 Å². The third-order valence-electron chi connectivity index (χ3n) is 3.17. The number of fused-ring (bicyclic) bond motifs is 1. The topological polar surface area (TPSA) is 26.3 Å². The first-order chi connectivity index (χ1) is 7.35. The van der Waals surface area contributed by atoms with Crippen molar-refractivity contribution in [2.24, 2.45) is 0 Å². The van der Waals surface area contributed by atoms with E-state index in [0.717, 1.165) is 24.9 Å². The molecule has 0 saturated heterocycles. The maximum atomic E-state index is 10.6. The first kappa shape index (κ1) is 10.2. The number of ether oxygens (including phenoxy) is 1. The van der Waals surface area contributed by atoms with E-state index in [-0.39, 0.29) is 0 Å². The van der Waals surface area contributed by atoms with Crippen LogP contribution in [0.3, 0.4) is 0 Å². The van der Waals surface area contributed by atoms with Crippen LogP contribution >= 0.6 is 0 Å². The van der Waals surface area contributed by atoms with Crippen molar-refractivity contribution in [2.45, 2.75) is 31.6 Å². The van der Waals surface area contributed by atoms with Gasteiger partial charge in [-0.3, -0.25) is 0 Å². The van der Waals surface area contributed by atoms with Gasteiger partial charge in [0.15, 0.2) is 0 Å². The van der Waals surface area contributed by atoms with Gasteiger partial charge in [0.1, 0.15) is 12.0 Å². The largest absolute Gasteiger partial charge is 0.497 e. The zero-order valence-electron chi connectivity index (χ0n) is 9.03. The fraction of sp³-hybridized carbons (Fsp3) is 0.462. The second kappa shape index (κ2) is 4.47. The summed E-state index contributed by atoms with van der Waals surface area (Å²) in [6.45, 7) is 0. The van der Waals surface area contributed by atoms with Gasteiger partial charge in [0.2, 0.25) is 0 Å². The highest BCUT2D eigenvalue weighted by Gasteiger charge is 2.20. The maximum absolute atomic E-state index is 10.6. The summed E-state index contributed by atoms with van der Waals surface area (Å²) in [5.74, 6) is 1.30. The molecule has 15 heavy (non-hydrogen) atoms. The molecule has 0 fully saturated rings. The Balaban J connectivity index is 2.34. The lowest BCUT2D eigenvalue weighted by molar-refractivity contribution is -0.108. The van der Waals surface area contributed by atoms with Crippen LogP contribution in [-0.4, -0.2) is 13.4 Å². The minimum atomic E-state index is 0.404. The Hall–Kier alpha value is -1.31. The Morgan fingerprint density at radius 3 is 3.13 bits per heavy atom. The van der Waals surface area contributed by atoms with Crippen LogP contribution in [0.15, 0.2) is 18.2 Å². The van der Waals surface area contributed by atoms with Crippen LogP contribution in [0, 0.1) is 0 Å². The summed E-state index contributed by atoms with van der Waals surface area (Å²) in [7, 11) is 1.68. The minimum Gasteiger partial charge on any atom is -0.497 e. The van der Waals surface area contributed by atoms with E-state index in [9.17, 15) is 4.79 Å². The standard InChI is InChI=1S/C13H16O2/c1-15-12-6-5-10-3-2-4-11(7-8-14)13(10)9-12/h5-6,8-9,11H,2-4,7H2,1H3. The van der Waals surface area contributed by atoms with Crippen LogP contribution in [0.4, 0.5) is 0 Å². The lowest BCUT2D eigenvalue weighted by Gasteiger charge is -2.24. The number of benzene rings is 1. The molecule has 1 aromatic carbocycles. The van der Waals surface area contributed by atoms with E-state index in [1.165, 1.54) is 17.5 Å². The summed E-state index contributed by atoms with van der Waals surface area (Å²) < 4.78 is 5.22. The van der Waals surface area contributed by atoms with Gasteiger partial charge in [0, 0.05) is 6.42 Å². The fourth-order valence-electron chi connectivity index (χ4n) is 2.36. The molecule has 0 spiro atoms. The minimum absolute atomic E-state index is 0.404. The zero-order valence-corrected chi connectivity index (χ0v) is 9.03. The summed E-state index contributed by atoms with van der Waals surface area (Å²) in [5.41, 5.74) is 2.70. The SMILES string of the molecule is COc1ccc2c(c1)C(CC=O)CCC2. The zero-order chi connectivity index (χ0) is 10.7. The molecule has 1 aromatic rings. The van der Waals surface area contributed by atoms with Gasteiger partial charge in [-0.2, -0.15) is 0 Å². The lowest BCUT2D eigenvalue weighted by atomic mass is 9.81. The lowest BCUT2D eigenvalue weighted by Crippen LogP contribution is -2.10. The molecular weight excluding hydrogens is 188 g/mol. The summed E-state index contributed by atoms with van der Waals surface area (Å²) in [5, 5.41) is 0. The first-order valence-corrected chi connectivity index (χ1v) is 5.45. The quantitative estimate of drug-likeness (QED) is 0.707. The summed E-state index contributed by atoms with van der Waals surface area (Å²) in [6, 6.07) is 6.22. The first-order valence-electron chi connectivity index (χ1n) is 5.45. The highest BCUT2D eigenvalue weighted by atomic mass is 16.5. The Kier molecular flexibility index (Phi) is 3.05. The molecule has 0 N–H and O–H groups in total. The normalized spacial score (nSPS) is 19.4. The van der Waals surface area contributed by atoms with Crippen LogP contribution in [0.2, 0.25) is 0 Å². The predicted octanol–water partition coefficient (Wildman–Crippen LogP) is 2.70. The van der Waals surface area contributed by atoms with Gasteiger partial charge in [0.05, 0.1) is 7.11 Å². The molecule has 2 nitrogen and oxygen atoms in total. The molecule has 1 unspecified atom stereocenters. The second-order valence-electron chi connectivity index (χ2n) is 4.06. The molecule has 0 heterocycles. The molecule has 0 bridgehead atoms. The molecule has 2 heteroatoms. The maximum Gasteiger partial charge on any atom is 0.120 e. The van der Waals surface area contributed by atoms with E-state index in [2.05, 4.69) is 12.1 Å². The molecule has 2 rings (SSSR count). The molecule has 1 atom stereocenters. The van der Waals surface area contributed by atoms with E-state index in [1.54, 1.807) is 7.11 Å². The second-order valence-corrected chi connectivity index (χ2v) is 4.06. The van der Waals surface area contributed by atoms with Crippen LogP contribution < -0.4 is 4.74 Å². The highest BCUT2D eigenvalue weighted by molar-refractivity contribution is 5.53. The van der Waals surface area contributed by atoms with Gasteiger partial charge >= 0.3 is 0 Å². The molecular formula is C13H16O2. The van der Waals surface area contributed by atoms with Crippen molar-refractivity contribution in [1.82, 2.24) is 0 Å². The molecule has 1 aliphatic rings. The average Bonchev–Trinajstić information content (AvgIpc) is 2.29. The number of rotatable bonds is 3. The van der Waals surface area contributed by atoms with Gasteiger partial charge in [-0.1, -0.05) is 6.07 Å². The molecule has 0 aliphatic heterocycles. The van der Waals surface area contributed by atoms with E-state index in [1.807, 2.05) is 6.07 Å². The van der Waals surface area contributed by atoms with Crippen molar-refractivity contribution in [1.29, 1.82) is 0 Å². The van der Waals surface area contributed by atoms with E-state index in [0.29, 0.717) is 12.3 Å². The van der Waals surface area contributed by atoms with Crippen LogP contribution in [0.5, 0.6) is 5.75 Å². The number of aldehydes is 1. The van der Waals surface area contributed by atoms with Crippen molar-refractivity contribution in [3.05, 3.63) is 29.3 Å². The Morgan fingerprint density at radius 2 is 2.40 bits per heavy atom. The van der Waals surface area contributed by atoms with Crippen LogP contribution in [-0.2, 0) is 11.2 Å². The number of hydrogen-bond acceptors (Lipinski definition) is 2. The number of carbonyl (C=O) groups is 1. The number of aryl methyl sites for hydroxylation is 1. The summed E-state index contributed by atoms with van der Waals surface area (Å²) in [4.78, 5) is 10.6. The molecule has 0 radical (unpaired) electrons. The molecule has 0 saturated carbocycles. The average molecular weight is 204 g/mol. The third-order valence-corrected chi connectivity index (χ3v) is 3.17. The van der Waals surface area contributed by atoms with Crippen LogP contribution in [0.1, 0.15) is 36.3 Å². The Labute approximate surface area is 90.3 Å². The van der Waals surface area contributed by atoms with Gasteiger partial charge in [-0.15, -0.1) is 0 Å². The smallest absolute Gasteiger partial charge is 0.120 e. The predicted molar refractivity (Wildman–Crippen MR) is 59.4 cm³/mol. The van der Waals surface area contributed by atoms with Gasteiger partial charge in [-0.05, 0) is 48.4 Å². The third kappa shape index (κ3) is 2.04. The fourth-order valence-corrected chi connectivity index (χ4v) is 2.36. The van der Waals surface area contributed by atoms with Crippen molar-refractivity contribution >= 4 is 6.29 Å². The molecule has 80 valence electrons. The summed E-state index contributed by atoms with van der Waals surface area (Å²) >= 11 is 0. The van der Waals surface area contributed by atoms with E-state index >= 15 is 0 Å². The molecule has 1 aliphatic carbocycles. The Bertz CT molecular complexity index is 358. The van der Waals surface area contributed by atoms with Crippen LogP contribution in [0.25, 0.3) is 0 Å². The number of methoxy groups -OCH3 is 1. The van der Waals surface area contributed by atoms with E-state index in [4.69, 9.17) is 4.74 Å². The molecule has 0 aromatic heterocycles. The van der Waals surface area contributed by atoms with Gasteiger partial charge in [-0.25, -0.2) is 0 Å². The highest BCUT2D eigenvalue weighted by Crippen LogP contribution is 2.35. The van der Waals surface area contributed by atoms with Gasteiger partial charge < -0.3 is 9.53 Å². The van der Waals surface area contributed by atoms with Crippen molar-refractivity contribution in [2.75, 3.05) is 7.11 Å².